The smallest absolute Gasteiger partial charge is 0.0895 e. The van der Waals surface area contributed by atoms with Gasteiger partial charge < -0.3 is 10.5 Å². The van der Waals surface area contributed by atoms with Crippen molar-refractivity contribution in [2.75, 3.05) is 19.7 Å². The molecule has 98 valence electrons. The van der Waals surface area contributed by atoms with E-state index in [4.69, 9.17) is 22.1 Å². The van der Waals surface area contributed by atoms with Gasteiger partial charge >= 0.3 is 0 Å². The fraction of sp³-hybridized carbons (Fsp3) is 0.571. The Morgan fingerprint density at radius 3 is 3.17 bits per heavy atom. The second-order valence-corrected chi connectivity index (χ2v) is 5.68. The van der Waals surface area contributed by atoms with E-state index in [0.29, 0.717) is 6.04 Å². The third-order valence-corrected chi connectivity index (χ3v) is 4.29. The second-order valence-electron chi connectivity index (χ2n) is 5.24. The number of benzene rings is 1. The minimum atomic E-state index is -0.0924. The van der Waals surface area contributed by atoms with E-state index in [1.54, 1.807) is 0 Å². The molecule has 0 aromatic heterocycles. The van der Waals surface area contributed by atoms with Gasteiger partial charge in [-0.3, -0.25) is 4.90 Å². The highest BCUT2D eigenvalue weighted by atomic mass is 35.5. The molecule has 2 aliphatic heterocycles. The Labute approximate surface area is 113 Å². The Bertz CT molecular complexity index is 426. The molecule has 2 N–H and O–H groups in total. The molecule has 0 amide bonds. The van der Waals surface area contributed by atoms with Crippen LogP contribution in [0, 0.1) is 0 Å². The Balaban J connectivity index is 1.71. The minimum absolute atomic E-state index is 0.0813. The molecule has 0 radical (unpaired) electrons. The molecule has 18 heavy (non-hydrogen) atoms. The van der Waals surface area contributed by atoms with Gasteiger partial charge in [-0.25, -0.2) is 0 Å². The van der Waals surface area contributed by atoms with Crippen molar-refractivity contribution in [2.45, 2.75) is 31.0 Å². The van der Waals surface area contributed by atoms with E-state index >= 15 is 0 Å². The maximum atomic E-state index is 6.31. The Morgan fingerprint density at radius 2 is 2.33 bits per heavy atom. The van der Waals surface area contributed by atoms with Gasteiger partial charge in [0.05, 0.1) is 18.8 Å². The SMILES string of the molecule is NC(c1cccc(Cl)c1)C1CN2CCCC2CO1. The number of hydrogen-bond acceptors (Lipinski definition) is 3. The Kier molecular flexibility index (Phi) is 3.57. The molecule has 0 saturated carbocycles. The molecule has 2 aliphatic rings. The standard InChI is InChI=1S/C14H19ClN2O/c15-11-4-1-3-10(7-11)14(16)13-8-17-6-2-5-12(17)9-18-13/h1,3-4,7,12-14H,2,5-6,8-9,16H2. The molecule has 3 nitrogen and oxygen atoms in total. The number of ether oxygens (including phenoxy) is 1. The average Bonchev–Trinajstić information content (AvgIpc) is 2.85. The first-order valence-electron chi connectivity index (χ1n) is 6.61. The summed E-state index contributed by atoms with van der Waals surface area (Å²) in [6.45, 7) is 2.95. The first-order chi connectivity index (χ1) is 8.74. The molecule has 2 fully saturated rings. The molecule has 3 rings (SSSR count). The number of nitrogens with zero attached hydrogens (tertiary/aromatic N) is 1. The van der Waals surface area contributed by atoms with Gasteiger partial charge in [0, 0.05) is 17.6 Å². The van der Waals surface area contributed by atoms with Crippen molar-refractivity contribution in [3.05, 3.63) is 34.9 Å². The van der Waals surface area contributed by atoms with Crippen LogP contribution < -0.4 is 5.73 Å². The summed E-state index contributed by atoms with van der Waals surface area (Å²) in [4.78, 5) is 2.51. The van der Waals surface area contributed by atoms with Gasteiger partial charge in [-0.15, -0.1) is 0 Å². The summed E-state index contributed by atoms with van der Waals surface area (Å²) < 4.78 is 5.94. The zero-order valence-electron chi connectivity index (χ0n) is 10.4. The van der Waals surface area contributed by atoms with Crippen molar-refractivity contribution < 1.29 is 4.74 Å². The van der Waals surface area contributed by atoms with Gasteiger partial charge in [-0.1, -0.05) is 23.7 Å². The van der Waals surface area contributed by atoms with Crippen molar-refractivity contribution in [1.29, 1.82) is 0 Å². The largest absolute Gasteiger partial charge is 0.373 e. The van der Waals surface area contributed by atoms with Gasteiger partial charge in [0.2, 0.25) is 0 Å². The molecule has 1 aromatic rings. The first kappa shape index (κ1) is 12.4. The molecule has 0 aliphatic carbocycles. The maximum absolute atomic E-state index is 6.31. The third kappa shape index (κ3) is 2.41. The number of nitrogens with two attached hydrogens (primary N) is 1. The summed E-state index contributed by atoms with van der Waals surface area (Å²) in [6, 6.07) is 8.30. The summed E-state index contributed by atoms with van der Waals surface area (Å²) in [7, 11) is 0. The summed E-state index contributed by atoms with van der Waals surface area (Å²) in [5, 5.41) is 0.734. The molecule has 2 saturated heterocycles. The minimum Gasteiger partial charge on any atom is -0.373 e. The van der Waals surface area contributed by atoms with Crippen LogP contribution in [-0.2, 0) is 4.74 Å². The van der Waals surface area contributed by atoms with Crippen LogP contribution >= 0.6 is 11.6 Å². The molecule has 1 aromatic carbocycles. The lowest BCUT2D eigenvalue weighted by Gasteiger charge is -2.37. The van der Waals surface area contributed by atoms with E-state index in [-0.39, 0.29) is 12.1 Å². The van der Waals surface area contributed by atoms with Crippen LogP contribution in [0.3, 0.4) is 0 Å². The van der Waals surface area contributed by atoms with Crippen LogP contribution in [0.1, 0.15) is 24.4 Å². The van der Waals surface area contributed by atoms with Crippen LogP contribution in [0.25, 0.3) is 0 Å². The number of hydrogen-bond donors (Lipinski definition) is 1. The van der Waals surface area contributed by atoms with E-state index in [1.807, 2.05) is 24.3 Å². The molecular weight excluding hydrogens is 248 g/mol. The molecule has 0 bridgehead atoms. The molecular formula is C14H19ClN2O. The van der Waals surface area contributed by atoms with Gasteiger partial charge in [-0.2, -0.15) is 0 Å². The van der Waals surface area contributed by atoms with E-state index in [0.717, 1.165) is 23.7 Å². The van der Waals surface area contributed by atoms with E-state index in [2.05, 4.69) is 4.90 Å². The Hall–Kier alpha value is -0.610. The number of fused-ring (bicyclic) bond motifs is 1. The lowest BCUT2D eigenvalue weighted by atomic mass is 10.0. The molecule has 0 spiro atoms. The topological polar surface area (TPSA) is 38.5 Å². The fourth-order valence-corrected chi connectivity index (χ4v) is 3.19. The van der Waals surface area contributed by atoms with Crippen LogP contribution in [-0.4, -0.2) is 36.7 Å². The second kappa shape index (κ2) is 5.17. The van der Waals surface area contributed by atoms with Crippen LogP contribution in [0.15, 0.2) is 24.3 Å². The van der Waals surface area contributed by atoms with Crippen molar-refractivity contribution in [2.24, 2.45) is 5.73 Å². The average molecular weight is 267 g/mol. The number of rotatable bonds is 2. The normalized spacial score (nSPS) is 30.1. The third-order valence-electron chi connectivity index (χ3n) is 4.05. The maximum Gasteiger partial charge on any atom is 0.0895 e. The quantitative estimate of drug-likeness (QED) is 0.892. The number of morpholine rings is 1. The van der Waals surface area contributed by atoms with Crippen molar-refractivity contribution >= 4 is 11.6 Å². The molecule has 3 atom stereocenters. The summed E-state index contributed by atoms with van der Waals surface area (Å²) in [6.07, 6.45) is 2.63. The van der Waals surface area contributed by atoms with Gasteiger partial charge in [0.15, 0.2) is 0 Å². The highest BCUT2D eigenvalue weighted by Crippen LogP contribution is 2.28. The van der Waals surface area contributed by atoms with E-state index < -0.39 is 0 Å². The predicted octanol–water partition coefficient (Wildman–Crippen LogP) is 2.20. The fourth-order valence-electron chi connectivity index (χ4n) is 2.99. The zero-order valence-corrected chi connectivity index (χ0v) is 11.1. The van der Waals surface area contributed by atoms with Gasteiger partial charge in [-0.05, 0) is 37.1 Å². The molecule has 4 heteroatoms. The van der Waals surface area contributed by atoms with E-state index in [1.165, 1.54) is 19.4 Å². The summed E-state index contributed by atoms with van der Waals surface area (Å²) in [5.41, 5.74) is 7.37. The lowest BCUT2D eigenvalue weighted by Crippen LogP contribution is -2.49. The first-order valence-corrected chi connectivity index (χ1v) is 6.98. The van der Waals surface area contributed by atoms with Crippen molar-refractivity contribution in [3.8, 4) is 0 Å². The summed E-state index contributed by atoms with van der Waals surface area (Å²) in [5.74, 6) is 0. The van der Waals surface area contributed by atoms with Crippen LogP contribution in [0.2, 0.25) is 5.02 Å². The zero-order chi connectivity index (χ0) is 12.5. The van der Waals surface area contributed by atoms with Gasteiger partial charge in [0.25, 0.3) is 0 Å². The summed E-state index contributed by atoms with van der Waals surface area (Å²) >= 11 is 6.01. The lowest BCUT2D eigenvalue weighted by molar-refractivity contribution is -0.0597. The molecule has 3 unspecified atom stereocenters. The number of halogens is 1. The Morgan fingerprint density at radius 1 is 1.44 bits per heavy atom. The van der Waals surface area contributed by atoms with E-state index in [9.17, 15) is 0 Å². The molecule has 2 heterocycles. The monoisotopic (exact) mass is 266 g/mol. The van der Waals surface area contributed by atoms with Crippen molar-refractivity contribution in [3.63, 3.8) is 0 Å². The van der Waals surface area contributed by atoms with Gasteiger partial charge in [0.1, 0.15) is 0 Å². The van der Waals surface area contributed by atoms with Crippen LogP contribution in [0.4, 0.5) is 0 Å². The highest BCUT2D eigenvalue weighted by Gasteiger charge is 2.35. The highest BCUT2D eigenvalue weighted by molar-refractivity contribution is 6.30. The van der Waals surface area contributed by atoms with Crippen molar-refractivity contribution in [1.82, 2.24) is 4.90 Å². The van der Waals surface area contributed by atoms with Crippen LogP contribution in [0.5, 0.6) is 0 Å². The predicted molar refractivity (Wildman–Crippen MR) is 72.7 cm³/mol.